The summed E-state index contributed by atoms with van der Waals surface area (Å²) in [5.74, 6) is 0. The van der Waals surface area contributed by atoms with Crippen molar-refractivity contribution in [2.24, 2.45) is 0 Å². The van der Waals surface area contributed by atoms with E-state index in [9.17, 15) is 4.79 Å². The summed E-state index contributed by atoms with van der Waals surface area (Å²) in [5, 5.41) is 1.10. The molecule has 1 aromatic carbocycles. The van der Waals surface area contributed by atoms with Gasteiger partial charge in [-0.05, 0) is 29.8 Å². The van der Waals surface area contributed by atoms with E-state index in [0.717, 1.165) is 16.5 Å². The van der Waals surface area contributed by atoms with Crippen LogP contribution in [0.25, 0.3) is 10.9 Å². The minimum atomic E-state index is 0.0174. The smallest absolute Gasteiger partial charge is 0.250 e. The lowest BCUT2D eigenvalue weighted by molar-refractivity contribution is 0.760. The fraction of sp³-hybridized carbons (Fsp3) is 0.0667. The SMILES string of the molecule is O=c1ccccn1Cc1ccc2ncccc2c1. The molecule has 3 nitrogen and oxygen atoms in total. The number of aromatic nitrogens is 2. The van der Waals surface area contributed by atoms with Crippen LogP contribution in [0, 0.1) is 0 Å². The van der Waals surface area contributed by atoms with Gasteiger partial charge in [0, 0.05) is 23.8 Å². The monoisotopic (exact) mass is 236 g/mol. The standard InChI is InChI=1S/C15H12N2O/c18-15-5-1-2-9-17(15)11-12-6-7-14-13(10-12)4-3-8-16-14/h1-10H,11H2. The van der Waals surface area contributed by atoms with E-state index >= 15 is 0 Å². The van der Waals surface area contributed by atoms with Crippen LogP contribution in [-0.4, -0.2) is 9.55 Å². The van der Waals surface area contributed by atoms with E-state index < -0.39 is 0 Å². The Kier molecular flexibility index (Phi) is 2.65. The van der Waals surface area contributed by atoms with Gasteiger partial charge in [0.25, 0.3) is 5.56 Å². The minimum absolute atomic E-state index is 0.0174. The van der Waals surface area contributed by atoms with Crippen LogP contribution in [0.3, 0.4) is 0 Å². The van der Waals surface area contributed by atoms with Crippen LogP contribution >= 0.6 is 0 Å². The molecule has 0 saturated carbocycles. The predicted octanol–water partition coefficient (Wildman–Crippen LogP) is 2.44. The number of hydrogen-bond acceptors (Lipinski definition) is 2. The van der Waals surface area contributed by atoms with Crippen LogP contribution in [0.5, 0.6) is 0 Å². The quantitative estimate of drug-likeness (QED) is 0.685. The maximum atomic E-state index is 11.6. The molecule has 18 heavy (non-hydrogen) atoms. The zero-order chi connectivity index (χ0) is 12.4. The summed E-state index contributed by atoms with van der Waals surface area (Å²) in [7, 11) is 0. The van der Waals surface area contributed by atoms with E-state index in [-0.39, 0.29) is 5.56 Å². The molecular formula is C15H12N2O. The Bertz CT molecular complexity index is 746. The average molecular weight is 236 g/mol. The van der Waals surface area contributed by atoms with Gasteiger partial charge in [-0.1, -0.05) is 18.2 Å². The number of hydrogen-bond donors (Lipinski definition) is 0. The molecule has 2 aromatic heterocycles. The Morgan fingerprint density at radius 3 is 2.89 bits per heavy atom. The molecule has 0 radical (unpaired) electrons. The number of pyridine rings is 2. The van der Waals surface area contributed by atoms with Gasteiger partial charge in [-0.3, -0.25) is 9.78 Å². The van der Waals surface area contributed by atoms with E-state index in [4.69, 9.17) is 0 Å². The summed E-state index contributed by atoms with van der Waals surface area (Å²) < 4.78 is 1.69. The number of fused-ring (bicyclic) bond motifs is 1. The molecule has 0 unspecified atom stereocenters. The maximum absolute atomic E-state index is 11.6. The third kappa shape index (κ3) is 2.02. The van der Waals surface area contributed by atoms with Gasteiger partial charge < -0.3 is 4.57 Å². The topological polar surface area (TPSA) is 34.9 Å². The van der Waals surface area contributed by atoms with Crippen molar-refractivity contribution in [2.45, 2.75) is 6.54 Å². The largest absolute Gasteiger partial charge is 0.311 e. The van der Waals surface area contributed by atoms with Gasteiger partial charge in [0.2, 0.25) is 0 Å². The van der Waals surface area contributed by atoms with Gasteiger partial charge in [-0.25, -0.2) is 0 Å². The van der Waals surface area contributed by atoms with Crippen molar-refractivity contribution in [1.82, 2.24) is 9.55 Å². The minimum Gasteiger partial charge on any atom is -0.311 e. The van der Waals surface area contributed by atoms with Gasteiger partial charge in [-0.2, -0.15) is 0 Å². The van der Waals surface area contributed by atoms with Crippen molar-refractivity contribution >= 4 is 10.9 Å². The second kappa shape index (κ2) is 4.45. The van der Waals surface area contributed by atoms with E-state index in [1.807, 2.05) is 30.3 Å². The second-order valence-electron chi connectivity index (χ2n) is 4.20. The Morgan fingerprint density at radius 1 is 1.06 bits per heavy atom. The fourth-order valence-electron chi connectivity index (χ4n) is 2.01. The highest BCUT2D eigenvalue weighted by Gasteiger charge is 1.99. The van der Waals surface area contributed by atoms with E-state index in [1.54, 1.807) is 29.1 Å². The molecule has 0 aliphatic heterocycles. The Balaban J connectivity index is 2.01. The highest BCUT2D eigenvalue weighted by atomic mass is 16.1. The maximum Gasteiger partial charge on any atom is 0.250 e. The highest BCUT2D eigenvalue weighted by molar-refractivity contribution is 5.78. The average Bonchev–Trinajstić information content (AvgIpc) is 2.41. The van der Waals surface area contributed by atoms with E-state index in [2.05, 4.69) is 11.1 Å². The van der Waals surface area contributed by atoms with Crippen molar-refractivity contribution in [3.63, 3.8) is 0 Å². The zero-order valence-electron chi connectivity index (χ0n) is 9.78. The molecule has 0 amide bonds. The highest BCUT2D eigenvalue weighted by Crippen LogP contribution is 2.13. The van der Waals surface area contributed by atoms with Crippen LogP contribution in [0.15, 0.2) is 65.7 Å². The molecule has 0 aliphatic rings. The summed E-state index contributed by atoms with van der Waals surface area (Å²) >= 11 is 0. The first-order valence-corrected chi connectivity index (χ1v) is 5.82. The predicted molar refractivity (Wildman–Crippen MR) is 71.5 cm³/mol. The number of benzene rings is 1. The fourth-order valence-corrected chi connectivity index (χ4v) is 2.01. The molecule has 88 valence electrons. The number of nitrogens with zero attached hydrogens (tertiary/aromatic N) is 2. The summed E-state index contributed by atoms with van der Waals surface area (Å²) in [4.78, 5) is 15.9. The molecular weight excluding hydrogens is 224 g/mol. The Labute approximate surface area is 104 Å². The van der Waals surface area contributed by atoms with Crippen LogP contribution in [0.4, 0.5) is 0 Å². The van der Waals surface area contributed by atoms with Crippen LogP contribution in [0.2, 0.25) is 0 Å². The van der Waals surface area contributed by atoms with Gasteiger partial charge in [0.05, 0.1) is 12.1 Å². The van der Waals surface area contributed by atoms with Crippen molar-refractivity contribution in [1.29, 1.82) is 0 Å². The molecule has 2 heterocycles. The van der Waals surface area contributed by atoms with Crippen LogP contribution in [-0.2, 0) is 6.54 Å². The van der Waals surface area contributed by atoms with Crippen molar-refractivity contribution in [3.8, 4) is 0 Å². The molecule has 3 heteroatoms. The van der Waals surface area contributed by atoms with Crippen molar-refractivity contribution < 1.29 is 0 Å². The number of rotatable bonds is 2. The molecule has 0 fully saturated rings. The third-order valence-corrected chi connectivity index (χ3v) is 2.92. The van der Waals surface area contributed by atoms with Gasteiger partial charge in [-0.15, -0.1) is 0 Å². The first-order valence-electron chi connectivity index (χ1n) is 5.82. The lowest BCUT2D eigenvalue weighted by Gasteiger charge is -2.06. The summed E-state index contributed by atoms with van der Waals surface area (Å²) in [6.45, 7) is 0.588. The van der Waals surface area contributed by atoms with Crippen LogP contribution < -0.4 is 5.56 Å². The molecule has 3 aromatic rings. The second-order valence-corrected chi connectivity index (χ2v) is 4.20. The summed E-state index contributed by atoms with van der Waals surface area (Å²) in [5.41, 5.74) is 2.09. The van der Waals surface area contributed by atoms with Crippen molar-refractivity contribution in [3.05, 3.63) is 76.8 Å². The molecule has 0 bridgehead atoms. The molecule has 0 spiro atoms. The molecule has 0 aliphatic carbocycles. The molecule has 0 N–H and O–H groups in total. The molecule has 3 rings (SSSR count). The van der Waals surface area contributed by atoms with Gasteiger partial charge >= 0.3 is 0 Å². The van der Waals surface area contributed by atoms with E-state index in [0.29, 0.717) is 6.54 Å². The molecule has 0 atom stereocenters. The van der Waals surface area contributed by atoms with Crippen LogP contribution in [0.1, 0.15) is 5.56 Å². The summed E-state index contributed by atoms with van der Waals surface area (Å²) in [6.07, 6.45) is 3.58. The third-order valence-electron chi connectivity index (χ3n) is 2.92. The first-order chi connectivity index (χ1) is 8.83. The van der Waals surface area contributed by atoms with Gasteiger partial charge in [0.15, 0.2) is 0 Å². The van der Waals surface area contributed by atoms with E-state index in [1.165, 1.54) is 0 Å². The normalized spacial score (nSPS) is 10.7. The van der Waals surface area contributed by atoms with Gasteiger partial charge in [0.1, 0.15) is 0 Å². The molecule has 0 saturated heterocycles. The summed E-state index contributed by atoms with van der Waals surface area (Å²) in [6, 6.07) is 15.2. The Hall–Kier alpha value is -2.42. The zero-order valence-corrected chi connectivity index (χ0v) is 9.78. The Morgan fingerprint density at radius 2 is 2.00 bits per heavy atom. The van der Waals surface area contributed by atoms with Crippen molar-refractivity contribution in [2.75, 3.05) is 0 Å². The lowest BCUT2D eigenvalue weighted by atomic mass is 10.1. The first kappa shape index (κ1) is 10.7. The lowest BCUT2D eigenvalue weighted by Crippen LogP contribution is -2.18.